The van der Waals surface area contributed by atoms with Crippen LogP contribution in [0.2, 0.25) is 0 Å². The molecular formula is C14H23N3S2. The van der Waals surface area contributed by atoms with E-state index in [0.717, 1.165) is 30.2 Å². The van der Waals surface area contributed by atoms with E-state index in [0.29, 0.717) is 10.5 Å². The molecule has 19 heavy (non-hydrogen) atoms. The van der Waals surface area contributed by atoms with Gasteiger partial charge in [-0.25, -0.2) is 9.97 Å². The summed E-state index contributed by atoms with van der Waals surface area (Å²) in [5.41, 5.74) is 3.61. The van der Waals surface area contributed by atoms with Crippen molar-refractivity contribution in [2.24, 2.45) is 0 Å². The van der Waals surface area contributed by atoms with Gasteiger partial charge in [0.1, 0.15) is 5.82 Å². The quantitative estimate of drug-likeness (QED) is 0.925. The molecule has 0 bridgehead atoms. The first-order chi connectivity index (χ1) is 9.13. The smallest absolute Gasteiger partial charge is 0.142 e. The van der Waals surface area contributed by atoms with E-state index in [1.54, 1.807) is 0 Å². The standard InChI is InChI=1S/C14H23N3S2/c1-9-12(5-6-15-4)10(2)17-14(16-9)13-11(3)18-7-8-19-13/h11,13,15H,5-8H2,1-4H3. The molecule has 1 saturated heterocycles. The molecule has 3 nitrogen and oxygen atoms in total. The Kier molecular flexibility index (Phi) is 5.54. The molecular weight excluding hydrogens is 274 g/mol. The molecule has 0 radical (unpaired) electrons. The fourth-order valence-electron chi connectivity index (χ4n) is 2.42. The van der Waals surface area contributed by atoms with Crippen molar-refractivity contribution in [1.29, 1.82) is 0 Å². The highest BCUT2D eigenvalue weighted by Gasteiger charge is 2.27. The lowest BCUT2D eigenvalue weighted by Gasteiger charge is -2.27. The molecule has 0 saturated carbocycles. The highest BCUT2D eigenvalue weighted by molar-refractivity contribution is 8.06. The van der Waals surface area contributed by atoms with Gasteiger partial charge < -0.3 is 5.32 Å². The van der Waals surface area contributed by atoms with Gasteiger partial charge in [-0.2, -0.15) is 11.8 Å². The van der Waals surface area contributed by atoms with E-state index < -0.39 is 0 Å². The number of likely N-dealkylation sites (N-methyl/N-ethyl adjacent to an activating group) is 1. The summed E-state index contributed by atoms with van der Waals surface area (Å²) < 4.78 is 0. The average Bonchev–Trinajstić information content (AvgIpc) is 2.38. The maximum atomic E-state index is 4.79. The van der Waals surface area contributed by atoms with Crippen molar-refractivity contribution in [2.45, 2.75) is 37.7 Å². The van der Waals surface area contributed by atoms with E-state index in [4.69, 9.17) is 9.97 Å². The van der Waals surface area contributed by atoms with Gasteiger partial charge in [-0.15, -0.1) is 11.8 Å². The summed E-state index contributed by atoms with van der Waals surface area (Å²) in [6, 6.07) is 0. The lowest BCUT2D eigenvalue weighted by molar-refractivity contribution is 0.751. The van der Waals surface area contributed by atoms with E-state index in [9.17, 15) is 0 Å². The number of hydrogen-bond donors (Lipinski definition) is 1. The molecule has 1 aliphatic heterocycles. The van der Waals surface area contributed by atoms with Crippen LogP contribution in [-0.4, -0.2) is 40.3 Å². The summed E-state index contributed by atoms with van der Waals surface area (Å²) >= 11 is 4.05. The monoisotopic (exact) mass is 297 g/mol. The molecule has 0 aliphatic carbocycles. The van der Waals surface area contributed by atoms with E-state index in [2.05, 4.69) is 26.1 Å². The Bertz CT molecular complexity index is 414. The second-order valence-corrected chi connectivity index (χ2v) is 7.69. The summed E-state index contributed by atoms with van der Waals surface area (Å²) in [6.07, 6.45) is 1.01. The first-order valence-corrected chi connectivity index (χ1v) is 8.95. The third-order valence-electron chi connectivity index (χ3n) is 3.51. The van der Waals surface area contributed by atoms with Crippen LogP contribution in [-0.2, 0) is 6.42 Å². The zero-order chi connectivity index (χ0) is 13.8. The predicted molar refractivity (Wildman–Crippen MR) is 86.3 cm³/mol. The number of hydrogen-bond acceptors (Lipinski definition) is 5. The Morgan fingerprint density at radius 2 is 1.79 bits per heavy atom. The molecule has 1 N–H and O–H groups in total. The van der Waals surface area contributed by atoms with Crippen LogP contribution in [0.4, 0.5) is 0 Å². The molecule has 1 aromatic rings. The minimum atomic E-state index is 0.453. The predicted octanol–water partition coefficient (Wildman–Crippen LogP) is 2.76. The van der Waals surface area contributed by atoms with Crippen LogP contribution in [0.25, 0.3) is 0 Å². The van der Waals surface area contributed by atoms with Crippen LogP contribution in [0, 0.1) is 13.8 Å². The van der Waals surface area contributed by atoms with Crippen molar-refractivity contribution in [3.63, 3.8) is 0 Å². The summed E-state index contributed by atoms with van der Waals surface area (Å²) in [6.45, 7) is 7.52. The molecule has 106 valence electrons. The Labute approximate surface area is 124 Å². The second-order valence-electron chi connectivity index (χ2n) is 4.95. The van der Waals surface area contributed by atoms with Crippen LogP contribution in [0.3, 0.4) is 0 Å². The number of aryl methyl sites for hydroxylation is 2. The van der Waals surface area contributed by atoms with Gasteiger partial charge in [-0.1, -0.05) is 6.92 Å². The molecule has 2 rings (SSSR count). The Balaban J connectivity index is 2.23. The van der Waals surface area contributed by atoms with Crippen LogP contribution in [0.1, 0.15) is 34.9 Å². The Morgan fingerprint density at radius 1 is 1.16 bits per heavy atom. The topological polar surface area (TPSA) is 37.8 Å². The minimum absolute atomic E-state index is 0.453. The lowest BCUT2D eigenvalue weighted by Crippen LogP contribution is -2.20. The molecule has 2 unspecified atom stereocenters. The van der Waals surface area contributed by atoms with E-state index >= 15 is 0 Å². The lowest BCUT2D eigenvalue weighted by atomic mass is 10.1. The SMILES string of the molecule is CNCCc1c(C)nc(C2SCCSC2C)nc1C. The number of nitrogens with zero attached hydrogens (tertiary/aromatic N) is 2. The van der Waals surface area contributed by atoms with Gasteiger partial charge in [-0.3, -0.25) is 0 Å². The van der Waals surface area contributed by atoms with Gasteiger partial charge in [0.15, 0.2) is 0 Å². The number of aromatic nitrogens is 2. The summed E-state index contributed by atoms with van der Waals surface area (Å²) in [5, 5.41) is 4.26. The second kappa shape index (κ2) is 6.95. The first kappa shape index (κ1) is 15.1. The van der Waals surface area contributed by atoms with Crippen molar-refractivity contribution in [3.05, 3.63) is 22.8 Å². The molecule has 0 amide bonds. The third kappa shape index (κ3) is 3.64. The van der Waals surface area contributed by atoms with Gasteiger partial charge in [0, 0.05) is 28.1 Å². The van der Waals surface area contributed by atoms with Crippen molar-refractivity contribution in [2.75, 3.05) is 25.1 Å². The third-order valence-corrected chi connectivity index (χ3v) is 6.59. The number of nitrogens with one attached hydrogen (secondary N) is 1. The van der Waals surface area contributed by atoms with E-state index in [1.807, 2.05) is 30.6 Å². The van der Waals surface area contributed by atoms with Gasteiger partial charge in [-0.05, 0) is 39.4 Å². The van der Waals surface area contributed by atoms with Gasteiger partial charge in [0.2, 0.25) is 0 Å². The van der Waals surface area contributed by atoms with E-state index in [1.165, 1.54) is 17.1 Å². The van der Waals surface area contributed by atoms with Crippen molar-refractivity contribution >= 4 is 23.5 Å². The molecule has 1 aliphatic rings. The maximum absolute atomic E-state index is 4.79. The van der Waals surface area contributed by atoms with Crippen molar-refractivity contribution in [3.8, 4) is 0 Å². The van der Waals surface area contributed by atoms with Crippen molar-refractivity contribution < 1.29 is 0 Å². The fourth-order valence-corrected chi connectivity index (χ4v) is 5.11. The molecule has 2 heterocycles. The molecule has 5 heteroatoms. The summed E-state index contributed by atoms with van der Waals surface area (Å²) in [4.78, 5) is 9.58. The minimum Gasteiger partial charge on any atom is -0.319 e. The number of rotatable bonds is 4. The van der Waals surface area contributed by atoms with Gasteiger partial charge >= 0.3 is 0 Å². The van der Waals surface area contributed by atoms with Gasteiger partial charge in [0.05, 0.1) is 5.25 Å². The van der Waals surface area contributed by atoms with Gasteiger partial charge in [0.25, 0.3) is 0 Å². The van der Waals surface area contributed by atoms with Crippen LogP contribution in [0.15, 0.2) is 0 Å². The first-order valence-electron chi connectivity index (χ1n) is 6.85. The van der Waals surface area contributed by atoms with Crippen molar-refractivity contribution in [1.82, 2.24) is 15.3 Å². The average molecular weight is 297 g/mol. The Morgan fingerprint density at radius 3 is 2.37 bits per heavy atom. The molecule has 2 atom stereocenters. The fraction of sp³-hybridized carbons (Fsp3) is 0.714. The normalized spacial score (nSPS) is 23.6. The van der Waals surface area contributed by atoms with E-state index in [-0.39, 0.29) is 0 Å². The molecule has 1 fully saturated rings. The molecule has 1 aromatic heterocycles. The highest BCUT2D eigenvalue weighted by atomic mass is 32.2. The molecule has 0 aromatic carbocycles. The largest absolute Gasteiger partial charge is 0.319 e. The summed E-state index contributed by atoms with van der Waals surface area (Å²) in [5.74, 6) is 3.50. The maximum Gasteiger partial charge on any atom is 0.142 e. The highest BCUT2D eigenvalue weighted by Crippen LogP contribution is 2.41. The van der Waals surface area contributed by atoms with Crippen LogP contribution in [0.5, 0.6) is 0 Å². The Hall–Kier alpha value is -0.260. The van der Waals surface area contributed by atoms with Crippen LogP contribution >= 0.6 is 23.5 Å². The molecule has 0 spiro atoms. The zero-order valence-electron chi connectivity index (χ0n) is 12.2. The summed E-state index contributed by atoms with van der Waals surface area (Å²) in [7, 11) is 1.98. The van der Waals surface area contributed by atoms with Crippen LogP contribution < -0.4 is 5.32 Å². The zero-order valence-corrected chi connectivity index (χ0v) is 13.8. The number of thioether (sulfide) groups is 2.